The molecule has 0 bridgehead atoms. The van der Waals surface area contributed by atoms with Gasteiger partial charge >= 0.3 is 0 Å². The second-order valence-electron chi connectivity index (χ2n) is 4.29. The number of nitrogens with one attached hydrogen (secondary N) is 1. The van der Waals surface area contributed by atoms with Gasteiger partial charge in [-0.2, -0.15) is 0 Å². The Morgan fingerprint density at radius 2 is 1.90 bits per heavy atom. The number of aromatic nitrogens is 2. The van der Waals surface area contributed by atoms with Crippen molar-refractivity contribution in [3.8, 4) is 17.2 Å². The minimum atomic E-state index is 0.228. The predicted octanol–water partition coefficient (Wildman–Crippen LogP) is 4.63. The Morgan fingerprint density at radius 3 is 2.67 bits per heavy atom. The van der Waals surface area contributed by atoms with Crippen molar-refractivity contribution in [3.05, 3.63) is 64.0 Å². The third-order valence-electron chi connectivity index (χ3n) is 2.90. The van der Waals surface area contributed by atoms with Gasteiger partial charge in [-0.1, -0.05) is 41.9 Å². The summed E-state index contributed by atoms with van der Waals surface area (Å²) in [4.78, 5) is 0.228. The monoisotopic (exact) mass is 318 g/mol. The van der Waals surface area contributed by atoms with Crippen LogP contribution in [-0.2, 0) is 6.61 Å². The number of aromatic amines is 1. The van der Waals surface area contributed by atoms with Crippen molar-refractivity contribution < 1.29 is 9.15 Å². The molecule has 0 saturated heterocycles. The maximum atomic E-state index is 6.12. The van der Waals surface area contributed by atoms with Gasteiger partial charge in [0.05, 0.1) is 5.56 Å². The molecular weight excluding hydrogens is 308 g/mol. The van der Waals surface area contributed by atoms with E-state index in [0.717, 1.165) is 11.1 Å². The van der Waals surface area contributed by atoms with E-state index in [1.165, 1.54) is 0 Å². The Kier molecular flexibility index (Phi) is 4.03. The smallest absolute Gasteiger partial charge is 0.284 e. The van der Waals surface area contributed by atoms with Gasteiger partial charge in [0.25, 0.3) is 4.84 Å². The normalized spacial score (nSPS) is 10.5. The summed E-state index contributed by atoms with van der Waals surface area (Å²) >= 11 is 11.0. The van der Waals surface area contributed by atoms with Crippen LogP contribution in [0, 0.1) is 4.84 Å². The summed E-state index contributed by atoms with van der Waals surface area (Å²) < 4.78 is 11.2. The molecule has 4 nitrogen and oxygen atoms in total. The number of hydrogen-bond donors (Lipinski definition) is 1. The van der Waals surface area contributed by atoms with Crippen LogP contribution in [0.2, 0.25) is 5.02 Å². The van der Waals surface area contributed by atoms with Crippen LogP contribution in [0.25, 0.3) is 11.5 Å². The molecule has 0 atom stereocenters. The second-order valence-corrected chi connectivity index (χ2v) is 5.07. The van der Waals surface area contributed by atoms with Gasteiger partial charge in [-0.05, 0) is 30.4 Å². The molecule has 0 amide bonds. The topological polar surface area (TPSA) is 51.0 Å². The van der Waals surface area contributed by atoms with Crippen LogP contribution in [0.4, 0.5) is 0 Å². The average Bonchev–Trinajstić information content (AvgIpc) is 2.93. The van der Waals surface area contributed by atoms with E-state index in [2.05, 4.69) is 10.2 Å². The Bertz CT molecular complexity index is 813. The van der Waals surface area contributed by atoms with E-state index >= 15 is 0 Å². The summed E-state index contributed by atoms with van der Waals surface area (Å²) in [6, 6.07) is 15.0. The summed E-state index contributed by atoms with van der Waals surface area (Å²) in [5.74, 6) is 1.05. The maximum absolute atomic E-state index is 6.12. The SMILES string of the molecule is S=c1[nH]nc(-c2ccccc2OCc2ccccc2Cl)o1. The molecule has 1 N–H and O–H groups in total. The van der Waals surface area contributed by atoms with Crippen LogP contribution in [0.5, 0.6) is 5.75 Å². The Morgan fingerprint density at radius 1 is 1.14 bits per heavy atom. The first-order chi connectivity index (χ1) is 10.2. The zero-order valence-electron chi connectivity index (χ0n) is 10.9. The zero-order chi connectivity index (χ0) is 14.7. The van der Waals surface area contributed by atoms with Crippen molar-refractivity contribution >= 4 is 23.8 Å². The second kappa shape index (κ2) is 6.11. The molecule has 3 rings (SSSR count). The van der Waals surface area contributed by atoms with Gasteiger partial charge in [0.1, 0.15) is 12.4 Å². The van der Waals surface area contributed by atoms with Crippen molar-refractivity contribution in [3.63, 3.8) is 0 Å². The van der Waals surface area contributed by atoms with Crippen LogP contribution in [0.1, 0.15) is 5.56 Å². The van der Waals surface area contributed by atoms with Crippen LogP contribution in [0.15, 0.2) is 52.9 Å². The van der Waals surface area contributed by atoms with E-state index in [0.29, 0.717) is 23.3 Å². The fourth-order valence-corrected chi connectivity index (χ4v) is 2.20. The average molecular weight is 319 g/mol. The van der Waals surface area contributed by atoms with Crippen molar-refractivity contribution in [1.82, 2.24) is 10.2 Å². The number of benzene rings is 2. The predicted molar refractivity (Wildman–Crippen MR) is 82.9 cm³/mol. The fraction of sp³-hybridized carbons (Fsp3) is 0.0667. The summed E-state index contributed by atoms with van der Waals surface area (Å²) in [7, 11) is 0. The first-order valence-electron chi connectivity index (χ1n) is 6.25. The first-order valence-corrected chi connectivity index (χ1v) is 7.04. The molecule has 0 aliphatic rings. The minimum Gasteiger partial charge on any atom is -0.488 e. The Labute approximate surface area is 131 Å². The lowest BCUT2D eigenvalue weighted by atomic mass is 10.2. The highest BCUT2D eigenvalue weighted by atomic mass is 35.5. The highest BCUT2D eigenvalue weighted by molar-refractivity contribution is 7.71. The molecule has 0 fully saturated rings. The molecule has 6 heteroatoms. The highest BCUT2D eigenvalue weighted by Gasteiger charge is 2.11. The van der Waals surface area contributed by atoms with E-state index in [1.807, 2.05) is 48.5 Å². The minimum absolute atomic E-state index is 0.228. The standard InChI is InChI=1S/C15H11ClN2O2S/c16-12-7-3-1-5-10(12)9-19-13-8-4-2-6-11(13)14-17-18-15(21)20-14/h1-8H,9H2,(H,18,21). The van der Waals surface area contributed by atoms with Crippen molar-refractivity contribution in [2.75, 3.05) is 0 Å². The number of rotatable bonds is 4. The number of halogens is 1. The summed E-state index contributed by atoms with van der Waals surface area (Å²) in [6.07, 6.45) is 0. The molecule has 1 heterocycles. The first kappa shape index (κ1) is 13.9. The summed E-state index contributed by atoms with van der Waals surface area (Å²) in [5.41, 5.74) is 1.65. The summed E-state index contributed by atoms with van der Waals surface area (Å²) in [5, 5.41) is 7.29. The molecule has 0 unspecified atom stereocenters. The van der Waals surface area contributed by atoms with Gasteiger partial charge < -0.3 is 9.15 Å². The van der Waals surface area contributed by atoms with Crippen molar-refractivity contribution in [1.29, 1.82) is 0 Å². The van der Waals surface area contributed by atoms with Gasteiger partial charge in [0.15, 0.2) is 0 Å². The molecule has 2 aromatic carbocycles. The van der Waals surface area contributed by atoms with E-state index in [9.17, 15) is 0 Å². The highest BCUT2D eigenvalue weighted by Crippen LogP contribution is 2.29. The molecule has 21 heavy (non-hydrogen) atoms. The number of H-pyrrole nitrogens is 1. The number of nitrogens with zero attached hydrogens (tertiary/aromatic N) is 1. The lowest BCUT2D eigenvalue weighted by Gasteiger charge is -2.10. The maximum Gasteiger partial charge on any atom is 0.284 e. The molecule has 1 aromatic heterocycles. The lowest BCUT2D eigenvalue weighted by Crippen LogP contribution is -1.97. The van der Waals surface area contributed by atoms with Crippen molar-refractivity contribution in [2.45, 2.75) is 6.61 Å². The molecule has 0 saturated carbocycles. The third-order valence-corrected chi connectivity index (χ3v) is 3.44. The van der Waals surface area contributed by atoms with Crippen molar-refractivity contribution in [2.24, 2.45) is 0 Å². The molecule has 106 valence electrons. The summed E-state index contributed by atoms with van der Waals surface area (Å²) in [6.45, 7) is 0.363. The number of para-hydroxylation sites is 1. The van der Waals surface area contributed by atoms with E-state index < -0.39 is 0 Å². The molecule has 0 aliphatic heterocycles. The van der Waals surface area contributed by atoms with Gasteiger partial charge in [-0.15, -0.1) is 5.10 Å². The fourth-order valence-electron chi connectivity index (χ4n) is 1.89. The quantitative estimate of drug-likeness (QED) is 0.712. The number of ether oxygens (including phenoxy) is 1. The molecule has 0 radical (unpaired) electrons. The molecule has 0 spiro atoms. The van der Waals surface area contributed by atoms with Gasteiger partial charge in [0.2, 0.25) is 5.89 Å². The van der Waals surface area contributed by atoms with E-state index in [-0.39, 0.29) is 4.84 Å². The third kappa shape index (κ3) is 3.15. The number of hydrogen-bond acceptors (Lipinski definition) is 4. The van der Waals surface area contributed by atoms with Crippen LogP contribution in [0.3, 0.4) is 0 Å². The van der Waals surface area contributed by atoms with Crippen LogP contribution >= 0.6 is 23.8 Å². The van der Waals surface area contributed by atoms with E-state index in [1.54, 1.807) is 0 Å². The zero-order valence-corrected chi connectivity index (χ0v) is 12.4. The van der Waals surface area contributed by atoms with Gasteiger partial charge in [0, 0.05) is 10.6 Å². The van der Waals surface area contributed by atoms with Crippen LogP contribution in [-0.4, -0.2) is 10.2 Å². The van der Waals surface area contributed by atoms with E-state index in [4.69, 9.17) is 33.0 Å². The molecule has 3 aromatic rings. The Hall–Kier alpha value is -2.11. The largest absolute Gasteiger partial charge is 0.488 e. The van der Waals surface area contributed by atoms with Gasteiger partial charge in [-0.25, -0.2) is 5.10 Å². The van der Waals surface area contributed by atoms with Gasteiger partial charge in [-0.3, -0.25) is 0 Å². The molecule has 0 aliphatic carbocycles. The lowest BCUT2D eigenvalue weighted by molar-refractivity contribution is 0.306. The molecular formula is C15H11ClN2O2S. The Balaban J connectivity index is 1.86. The van der Waals surface area contributed by atoms with Crippen LogP contribution < -0.4 is 4.74 Å².